The second-order valence-corrected chi connectivity index (χ2v) is 7.73. The lowest BCUT2D eigenvalue weighted by atomic mass is 10.0. The molecular formula is C22H33N5O. The maximum atomic E-state index is 12.5. The summed E-state index contributed by atoms with van der Waals surface area (Å²) >= 11 is 0. The predicted octanol–water partition coefficient (Wildman–Crippen LogP) is 3.46. The monoisotopic (exact) mass is 383 g/mol. The van der Waals surface area contributed by atoms with Crippen LogP contribution in [0.2, 0.25) is 0 Å². The van der Waals surface area contributed by atoms with Gasteiger partial charge in [-0.3, -0.25) is 0 Å². The predicted molar refractivity (Wildman–Crippen MR) is 112 cm³/mol. The number of aromatic nitrogens is 2. The summed E-state index contributed by atoms with van der Waals surface area (Å²) in [6.45, 7) is 5.37. The fourth-order valence-electron chi connectivity index (χ4n) is 3.91. The van der Waals surface area contributed by atoms with Gasteiger partial charge in [0.25, 0.3) is 0 Å². The van der Waals surface area contributed by atoms with Gasteiger partial charge in [-0.05, 0) is 51.3 Å². The SMILES string of the molecule is C[C@@H]1CCCCN1CCCCNC(=O)N[C@H](c1ccccc1)c1nccn1C. The van der Waals surface area contributed by atoms with Crippen molar-refractivity contribution in [3.05, 3.63) is 54.1 Å². The Kier molecular flexibility index (Phi) is 7.48. The van der Waals surface area contributed by atoms with E-state index in [-0.39, 0.29) is 12.1 Å². The van der Waals surface area contributed by atoms with Crippen molar-refractivity contribution in [3.8, 4) is 0 Å². The minimum atomic E-state index is -0.268. The molecular weight excluding hydrogens is 350 g/mol. The number of likely N-dealkylation sites (tertiary alicyclic amines) is 1. The molecule has 2 amide bonds. The Morgan fingerprint density at radius 2 is 2.07 bits per heavy atom. The van der Waals surface area contributed by atoms with Gasteiger partial charge in [-0.1, -0.05) is 36.8 Å². The molecule has 2 aromatic rings. The number of piperidine rings is 1. The topological polar surface area (TPSA) is 62.2 Å². The molecule has 1 aliphatic rings. The van der Waals surface area contributed by atoms with Gasteiger partial charge in [-0.25, -0.2) is 9.78 Å². The third kappa shape index (κ3) is 5.58. The van der Waals surface area contributed by atoms with E-state index in [0.29, 0.717) is 12.6 Å². The van der Waals surface area contributed by atoms with Gasteiger partial charge in [0.15, 0.2) is 0 Å². The van der Waals surface area contributed by atoms with Crippen molar-refractivity contribution in [2.45, 2.75) is 51.1 Å². The van der Waals surface area contributed by atoms with Crippen LogP contribution in [0.1, 0.15) is 56.5 Å². The number of urea groups is 1. The van der Waals surface area contributed by atoms with E-state index in [1.54, 1.807) is 6.20 Å². The van der Waals surface area contributed by atoms with Crippen LogP contribution in [0.4, 0.5) is 4.79 Å². The van der Waals surface area contributed by atoms with Gasteiger partial charge in [-0.15, -0.1) is 0 Å². The number of aryl methyl sites for hydroxylation is 1. The number of rotatable bonds is 8. The average molecular weight is 384 g/mol. The van der Waals surface area contributed by atoms with Crippen LogP contribution in [0.25, 0.3) is 0 Å². The normalized spacial score (nSPS) is 18.6. The van der Waals surface area contributed by atoms with E-state index in [1.165, 1.54) is 25.8 Å². The molecule has 1 fully saturated rings. The Morgan fingerprint density at radius 1 is 1.25 bits per heavy atom. The molecule has 0 radical (unpaired) electrons. The molecule has 1 aromatic heterocycles. The highest BCUT2D eigenvalue weighted by Gasteiger charge is 2.20. The molecule has 2 atom stereocenters. The van der Waals surface area contributed by atoms with Crippen molar-refractivity contribution >= 4 is 6.03 Å². The van der Waals surface area contributed by atoms with E-state index in [2.05, 4.69) is 27.4 Å². The Balaban J connectivity index is 1.46. The first-order chi connectivity index (χ1) is 13.6. The number of nitrogens with zero attached hydrogens (tertiary/aromatic N) is 3. The maximum absolute atomic E-state index is 12.5. The lowest BCUT2D eigenvalue weighted by molar-refractivity contribution is 0.158. The first-order valence-corrected chi connectivity index (χ1v) is 10.5. The second kappa shape index (κ2) is 10.3. The van der Waals surface area contributed by atoms with Crippen LogP contribution in [0.3, 0.4) is 0 Å². The van der Waals surface area contributed by atoms with Crippen molar-refractivity contribution in [1.29, 1.82) is 0 Å². The van der Waals surface area contributed by atoms with Crippen LogP contribution in [0, 0.1) is 0 Å². The zero-order valence-electron chi connectivity index (χ0n) is 17.1. The van der Waals surface area contributed by atoms with Crippen LogP contribution in [-0.4, -0.2) is 46.2 Å². The van der Waals surface area contributed by atoms with Gasteiger partial charge in [0, 0.05) is 32.0 Å². The van der Waals surface area contributed by atoms with E-state index in [9.17, 15) is 4.79 Å². The zero-order chi connectivity index (χ0) is 19.8. The van der Waals surface area contributed by atoms with E-state index in [4.69, 9.17) is 0 Å². The van der Waals surface area contributed by atoms with E-state index in [1.807, 2.05) is 48.1 Å². The first-order valence-electron chi connectivity index (χ1n) is 10.5. The van der Waals surface area contributed by atoms with Gasteiger partial charge in [0.2, 0.25) is 0 Å². The van der Waals surface area contributed by atoms with Gasteiger partial charge in [-0.2, -0.15) is 0 Å². The fraction of sp³-hybridized carbons (Fsp3) is 0.545. The second-order valence-electron chi connectivity index (χ2n) is 7.73. The number of hydrogen-bond donors (Lipinski definition) is 2. The molecule has 0 saturated carbocycles. The minimum absolute atomic E-state index is 0.150. The smallest absolute Gasteiger partial charge is 0.315 e. The van der Waals surface area contributed by atoms with E-state index in [0.717, 1.165) is 30.8 Å². The molecule has 6 nitrogen and oxygen atoms in total. The molecule has 0 bridgehead atoms. The number of unbranched alkanes of at least 4 members (excludes halogenated alkanes) is 1. The number of carbonyl (C=O) groups excluding carboxylic acids is 1. The van der Waals surface area contributed by atoms with Crippen molar-refractivity contribution in [2.75, 3.05) is 19.6 Å². The number of hydrogen-bond acceptors (Lipinski definition) is 3. The Labute approximate surface area is 168 Å². The first kappa shape index (κ1) is 20.4. The standard InChI is InChI=1S/C22H33N5O/c1-18-10-6-8-15-27(18)16-9-7-13-24-22(28)25-20(19-11-4-3-5-12-19)21-23-14-17-26(21)2/h3-5,11-12,14,17-18,20H,6-10,13,15-16H2,1-2H3,(H2,24,25,28)/t18-,20-/m1/s1. The molecule has 2 N–H and O–H groups in total. The van der Waals surface area contributed by atoms with Crippen LogP contribution >= 0.6 is 0 Å². The van der Waals surface area contributed by atoms with Crippen molar-refractivity contribution in [2.24, 2.45) is 7.05 Å². The molecule has 0 unspecified atom stereocenters. The molecule has 6 heteroatoms. The highest BCUT2D eigenvalue weighted by Crippen LogP contribution is 2.20. The molecule has 0 spiro atoms. The molecule has 1 saturated heterocycles. The molecule has 152 valence electrons. The van der Waals surface area contributed by atoms with Crippen LogP contribution in [0.15, 0.2) is 42.7 Å². The Hall–Kier alpha value is -2.34. The van der Waals surface area contributed by atoms with Gasteiger partial charge in [0.05, 0.1) is 0 Å². The average Bonchev–Trinajstić information content (AvgIpc) is 3.13. The molecule has 1 aliphatic heterocycles. The lowest BCUT2D eigenvalue weighted by Gasteiger charge is -2.33. The summed E-state index contributed by atoms with van der Waals surface area (Å²) in [5, 5.41) is 6.09. The zero-order valence-corrected chi connectivity index (χ0v) is 17.1. The highest BCUT2D eigenvalue weighted by molar-refractivity contribution is 5.74. The summed E-state index contributed by atoms with van der Waals surface area (Å²) in [4.78, 5) is 19.5. The van der Waals surface area contributed by atoms with Gasteiger partial charge < -0.3 is 20.1 Å². The number of carbonyl (C=O) groups is 1. The van der Waals surface area contributed by atoms with Crippen molar-refractivity contribution in [1.82, 2.24) is 25.1 Å². The van der Waals surface area contributed by atoms with Crippen LogP contribution in [0.5, 0.6) is 0 Å². The van der Waals surface area contributed by atoms with E-state index < -0.39 is 0 Å². The lowest BCUT2D eigenvalue weighted by Crippen LogP contribution is -2.40. The molecule has 1 aromatic carbocycles. The number of nitrogens with one attached hydrogen (secondary N) is 2. The molecule has 28 heavy (non-hydrogen) atoms. The summed E-state index contributed by atoms with van der Waals surface area (Å²) in [6, 6.07) is 10.2. The minimum Gasteiger partial charge on any atom is -0.338 e. The van der Waals surface area contributed by atoms with Crippen LogP contribution in [-0.2, 0) is 7.05 Å². The van der Waals surface area contributed by atoms with Crippen LogP contribution < -0.4 is 10.6 Å². The van der Waals surface area contributed by atoms with Gasteiger partial charge in [0.1, 0.15) is 11.9 Å². The molecule has 2 heterocycles. The summed E-state index contributed by atoms with van der Waals surface area (Å²) in [7, 11) is 1.94. The molecule has 0 aliphatic carbocycles. The number of imidazole rings is 1. The molecule has 3 rings (SSSR count). The van der Waals surface area contributed by atoms with E-state index >= 15 is 0 Å². The summed E-state index contributed by atoms with van der Waals surface area (Å²) in [5.74, 6) is 0.820. The summed E-state index contributed by atoms with van der Waals surface area (Å²) in [5.41, 5.74) is 1.02. The Bertz CT molecular complexity index is 730. The van der Waals surface area contributed by atoms with Gasteiger partial charge >= 0.3 is 6.03 Å². The third-order valence-electron chi connectivity index (χ3n) is 5.62. The number of benzene rings is 1. The summed E-state index contributed by atoms with van der Waals surface area (Å²) in [6.07, 6.45) is 9.76. The largest absolute Gasteiger partial charge is 0.338 e. The van der Waals surface area contributed by atoms with Crippen molar-refractivity contribution in [3.63, 3.8) is 0 Å². The quantitative estimate of drug-likeness (QED) is 0.686. The number of amides is 2. The summed E-state index contributed by atoms with van der Waals surface area (Å²) < 4.78 is 1.94. The maximum Gasteiger partial charge on any atom is 0.315 e. The highest BCUT2D eigenvalue weighted by atomic mass is 16.2. The van der Waals surface area contributed by atoms with Crippen molar-refractivity contribution < 1.29 is 4.79 Å². The fourth-order valence-corrected chi connectivity index (χ4v) is 3.91. The Morgan fingerprint density at radius 3 is 2.79 bits per heavy atom. The third-order valence-corrected chi connectivity index (χ3v) is 5.62.